The zero-order chi connectivity index (χ0) is 12.9. The second-order valence-electron chi connectivity index (χ2n) is 4.81. The number of amides is 1. The predicted octanol–water partition coefficient (Wildman–Crippen LogP) is 0.439. The maximum Gasteiger partial charge on any atom is 0.267 e. The first-order chi connectivity index (χ1) is 8.51. The Bertz CT molecular complexity index is 643. The van der Waals surface area contributed by atoms with Crippen LogP contribution in [0.4, 0.5) is 0 Å². The Kier molecular flexibility index (Phi) is 2.18. The summed E-state index contributed by atoms with van der Waals surface area (Å²) < 4.78 is 1.65. The summed E-state index contributed by atoms with van der Waals surface area (Å²) in [5, 5.41) is 15.5. The molecular weight excluding hydrogens is 232 g/mol. The Morgan fingerprint density at radius 3 is 2.83 bits per heavy atom. The number of pyridine rings is 1. The Labute approximate surface area is 103 Å². The van der Waals surface area contributed by atoms with Crippen molar-refractivity contribution in [3.8, 4) is 0 Å². The number of aryl methyl sites for hydroxylation is 1. The van der Waals surface area contributed by atoms with E-state index in [2.05, 4.69) is 10.1 Å². The molecule has 3 N–H and O–H groups in total. The summed E-state index contributed by atoms with van der Waals surface area (Å²) in [6.07, 6.45) is 4.00. The number of rotatable bonds is 2. The molecule has 0 aliphatic heterocycles. The van der Waals surface area contributed by atoms with Crippen LogP contribution in [0.25, 0.3) is 10.9 Å². The first kappa shape index (κ1) is 11.2. The van der Waals surface area contributed by atoms with Crippen molar-refractivity contribution in [2.45, 2.75) is 24.9 Å². The minimum Gasteiger partial charge on any atom is -0.383 e. The van der Waals surface area contributed by atoms with E-state index in [9.17, 15) is 9.90 Å². The van der Waals surface area contributed by atoms with E-state index in [1.54, 1.807) is 24.0 Å². The molecule has 0 unspecified atom stereocenters. The van der Waals surface area contributed by atoms with E-state index >= 15 is 0 Å². The highest BCUT2D eigenvalue weighted by atomic mass is 16.3. The molecule has 0 bridgehead atoms. The molecule has 0 saturated heterocycles. The lowest BCUT2D eigenvalue weighted by atomic mass is 9.77. The highest BCUT2D eigenvalue weighted by Crippen LogP contribution is 2.42. The number of nitrogens with two attached hydrogens (primary N) is 1. The van der Waals surface area contributed by atoms with Crippen LogP contribution in [0, 0.1) is 0 Å². The third-order valence-corrected chi connectivity index (χ3v) is 3.61. The Morgan fingerprint density at radius 1 is 1.56 bits per heavy atom. The monoisotopic (exact) mass is 246 g/mol. The van der Waals surface area contributed by atoms with E-state index in [1.807, 2.05) is 0 Å². The topological polar surface area (TPSA) is 94.0 Å². The average molecular weight is 246 g/mol. The Hall–Kier alpha value is -1.95. The largest absolute Gasteiger partial charge is 0.383 e. The van der Waals surface area contributed by atoms with Crippen molar-refractivity contribution in [1.29, 1.82) is 0 Å². The van der Waals surface area contributed by atoms with Crippen LogP contribution in [0.3, 0.4) is 0 Å². The molecule has 1 aliphatic rings. The molecule has 0 radical (unpaired) electrons. The molecule has 2 heterocycles. The van der Waals surface area contributed by atoms with Crippen molar-refractivity contribution < 1.29 is 9.90 Å². The van der Waals surface area contributed by atoms with Crippen molar-refractivity contribution in [1.82, 2.24) is 14.8 Å². The van der Waals surface area contributed by atoms with Gasteiger partial charge in [0.05, 0.1) is 5.52 Å². The summed E-state index contributed by atoms with van der Waals surface area (Å²) >= 11 is 0. The molecule has 1 saturated carbocycles. The van der Waals surface area contributed by atoms with Gasteiger partial charge >= 0.3 is 0 Å². The highest BCUT2D eigenvalue weighted by molar-refractivity contribution is 5.95. The molecular formula is C12H14N4O2. The summed E-state index contributed by atoms with van der Waals surface area (Å²) in [7, 11) is 1.78. The lowest BCUT2D eigenvalue weighted by Gasteiger charge is -2.35. The molecule has 94 valence electrons. The summed E-state index contributed by atoms with van der Waals surface area (Å²) in [4.78, 5) is 15.1. The number of carbonyl (C=O) groups is 1. The van der Waals surface area contributed by atoms with E-state index in [1.165, 1.54) is 0 Å². The van der Waals surface area contributed by atoms with Crippen molar-refractivity contribution in [3.05, 3.63) is 23.7 Å². The summed E-state index contributed by atoms with van der Waals surface area (Å²) in [6.45, 7) is 0. The Balaban J connectivity index is 2.21. The van der Waals surface area contributed by atoms with E-state index in [0.717, 1.165) is 30.2 Å². The lowest BCUT2D eigenvalue weighted by Crippen LogP contribution is -2.34. The number of nitrogens with zero attached hydrogens (tertiary/aromatic N) is 3. The van der Waals surface area contributed by atoms with Gasteiger partial charge in [0, 0.05) is 18.6 Å². The van der Waals surface area contributed by atoms with Crippen LogP contribution < -0.4 is 5.73 Å². The lowest BCUT2D eigenvalue weighted by molar-refractivity contribution is -0.0417. The van der Waals surface area contributed by atoms with Gasteiger partial charge in [-0.1, -0.05) is 0 Å². The van der Waals surface area contributed by atoms with Crippen LogP contribution in [0.1, 0.15) is 35.4 Å². The van der Waals surface area contributed by atoms with Gasteiger partial charge < -0.3 is 10.8 Å². The first-order valence-corrected chi connectivity index (χ1v) is 5.87. The smallest absolute Gasteiger partial charge is 0.267 e. The van der Waals surface area contributed by atoms with E-state index in [-0.39, 0.29) is 5.69 Å². The number of aromatic nitrogens is 3. The molecule has 18 heavy (non-hydrogen) atoms. The molecule has 1 aliphatic carbocycles. The van der Waals surface area contributed by atoms with E-state index in [4.69, 9.17) is 5.73 Å². The van der Waals surface area contributed by atoms with Crippen LogP contribution >= 0.6 is 0 Å². The molecule has 2 aromatic rings. The number of fused-ring (bicyclic) bond motifs is 1. The van der Waals surface area contributed by atoms with Crippen molar-refractivity contribution in [2.24, 2.45) is 12.8 Å². The molecule has 2 aromatic heterocycles. The zero-order valence-electron chi connectivity index (χ0n) is 10.1. The number of hydrogen-bond acceptors (Lipinski definition) is 4. The maximum absolute atomic E-state index is 11.1. The summed E-state index contributed by atoms with van der Waals surface area (Å²) in [5.74, 6) is -0.568. The fraction of sp³-hybridized carbons (Fsp3) is 0.417. The van der Waals surface area contributed by atoms with Crippen LogP contribution in [0.2, 0.25) is 0 Å². The first-order valence-electron chi connectivity index (χ1n) is 5.87. The highest BCUT2D eigenvalue weighted by Gasteiger charge is 2.40. The minimum atomic E-state index is -0.838. The van der Waals surface area contributed by atoms with Crippen LogP contribution in [0.5, 0.6) is 0 Å². The van der Waals surface area contributed by atoms with Gasteiger partial charge in [0.25, 0.3) is 5.91 Å². The van der Waals surface area contributed by atoms with Crippen LogP contribution in [0.15, 0.2) is 12.3 Å². The molecule has 0 atom stereocenters. The van der Waals surface area contributed by atoms with Gasteiger partial charge in [-0.05, 0) is 25.3 Å². The van der Waals surface area contributed by atoms with E-state index in [0.29, 0.717) is 5.69 Å². The predicted molar refractivity (Wildman–Crippen MR) is 64.8 cm³/mol. The van der Waals surface area contributed by atoms with Crippen molar-refractivity contribution in [2.75, 3.05) is 0 Å². The number of aliphatic hydroxyl groups is 1. The normalized spacial score (nSPS) is 17.7. The fourth-order valence-electron chi connectivity index (χ4n) is 2.38. The zero-order valence-corrected chi connectivity index (χ0v) is 10.1. The second kappa shape index (κ2) is 3.52. The Morgan fingerprint density at radius 2 is 2.28 bits per heavy atom. The van der Waals surface area contributed by atoms with Gasteiger partial charge in [0.1, 0.15) is 17.0 Å². The van der Waals surface area contributed by atoms with Crippen LogP contribution in [-0.4, -0.2) is 25.8 Å². The van der Waals surface area contributed by atoms with Gasteiger partial charge in [-0.2, -0.15) is 5.10 Å². The molecule has 1 fully saturated rings. The summed E-state index contributed by atoms with van der Waals surface area (Å²) in [5.41, 5.74) is 5.98. The SMILES string of the molecule is Cn1nc(C2(O)CCC2)c2cnc(C(N)=O)cc21. The molecule has 0 spiro atoms. The van der Waals surface area contributed by atoms with Crippen molar-refractivity contribution in [3.63, 3.8) is 0 Å². The maximum atomic E-state index is 11.1. The van der Waals surface area contributed by atoms with E-state index < -0.39 is 11.5 Å². The molecule has 0 aromatic carbocycles. The van der Waals surface area contributed by atoms with Gasteiger partial charge in [-0.15, -0.1) is 0 Å². The van der Waals surface area contributed by atoms with Crippen molar-refractivity contribution >= 4 is 16.8 Å². The molecule has 1 amide bonds. The quantitative estimate of drug-likeness (QED) is 0.803. The number of carbonyl (C=O) groups excluding carboxylic acids is 1. The van der Waals surface area contributed by atoms with Gasteiger partial charge in [-0.25, -0.2) is 0 Å². The third-order valence-electron chi connectivity index (χ3n) is 3.61. The van der Waals surface area contributed by atoms with Gasteiger partial charge in [0.15, 0.2) is 0 Å². The van der Waals surface area contributed by atoms with Gasteiger partial charge in [-0.3, -0.25) is 14.5 Å². The fourth-order valence-corrected chi connectivity index (χ4v) is 2.38. The molecule has 6 heteroatoms. The van der Waals surface area contributed by atoms with Crippen LogP contribution in [-0.2, 0) is 12.6 Å². The van der Waals surface area contributed by atoms with Gasteiger partial charge in [0.2, 0.25) is 0 Å². The number of primary amides is 1. The second-order valence-corrected chi connectivity index (χ2v) is 4.81. The molecule has 3 rings (SSSR count). The summed E-state index contributed by atoms with van der Waals surface area (Å²) in [6, 6.07) is 1.61. The average Bonchev–Trinajstić information content (AvgIpc) is 2.64. The molecule has 6 nitrogen and oxygen atoms in total. The standard InChI is InChI=1S/C12H14N4O2/c1-16-9-5-8(11(13)17)14-6-7(9)10(15-16)12(18)3-2-4-12/h5-6,18H,2-4H2,1H3,(H2,13,17). The third kappa shape index (κ3) is 1.42. The number of hydrogen-bond donors (Lipinski definition) is 2. The minimum absolute atomic E-state index is 0.206.